The average Bonchev–Trinajstić information content (AvgIpc) is 3.03. The molecule has 1 amide bonds. The first-order chi connectivity index (χ1) is 11.6. The fraction of sp³-hybridized carbons (Fsp3) is 0.500. The number of hydrogen-bond acceptors (Lipinski definition) is 4. The normalized spacial score (nSPS) is 18.0. The third-order valence-corrected chi connectivity index (χ3v) is 5.84. The van der Waals surface area contributed by atoms with Crippen LogP contribution in [0.3, 0.4) is 0 Å². The Morgan fingerprint density at radius 2 is 2.08 bits per heavy atom. The second-order valence-corrected chi connectivity index (χ2v) is 7.75. The molecule has 0 spiro atoms. The molecule has 1 saturated carbocycles. The van der Waals surface area contributed by atoms with Gasteiger partial charge in [0.05, 0.1) is 22.4 Å². The first-order valence-electron chi connectivity index (χ1n) is 8.36. The largest absolute Gasteiger partial charge is 0.333 e. The molecule has 0 radical (unpaired) electrons. The van der Waals surface area contributed by atoms with Gasteiger partial charge in [0.25, 0.3) is 0 Å². The van der Waals surface area contributed by atoms with Crippen LogP contribution in [-0.4, -0.2) is 38.6 Å². The molecule has 3 rings (SSSR count). The van der Waals surface area contributed by atoms with Crippen LogP contribution in [-0.2, 0) is 4.79 Å². The summed E-state index contributed by atoms with van der Waals surface area (Å²) in [5.74, 6) is -0.0103. The van der Waals surface area contributed by atoms with Crippen LogP contribution in [0.25, 0.3) is 11.0 Å². The predicted molar refractivity (Wildman–Crippen MR) is 95.6 cm³/mol. The highest BCUT2D eigenvalue weighted by Gasteiger charge is 2.40. The molecule has 0 unspecified atom stereocenters. The van der Waals surface area contributed by atoms with Crippen LogP contribution in [0, 0.1) is 11.3 Å². The summed E-state index contributed by atoms with van der Waals surface area (Å²) in [7, 11) is 1.77. The van der Waals surface area contributed by atoms with E-state index in [9.17, 15) is 10.1 Å². The van der Waals surface area contributed by atoms with Gasteiger partial charge in [-0.2, -0.15) is 5.26 Å². The summed E-state index contributed by atoms with van der Waals surface area (Å²) >= 11 is 1.41. The molecule has 1 aliphatic rings. The number of nitriles is 1. The van der Waals surface area contributed by atoms with Crippen molar-refractivity contribution in [3.05, 3.63) is 24.3 Å². The number of para-hydroxylation sites is 2. The van der Waals surface area contributed by atoms with Gasteiger partial charge in [0.2, 0.25) is 5.91 Å². The summed E-state index contributed by atoms with van der Waals surface area (Å²) in [5, 5.41) is 10.1. The fourth-order valence-electron chi connectivity index (χ4n) is 3.35. The monoisotopic (exact) mass is 342 g/mol. The number of hydrogen-bond donors (Lipinski definition) is 1. The molecule has 1 aromatic carbocycles. The summed E-state index contributed by atoms with van der Waals surface area (Å²) in [5.41, 5.74) is 1.22. The first kappa shape index (κ1) is 16.8. The maximum atomic E-state index is 12.8. The fourth-order valence-corrected chi connectivity index (χ4v) is 4.26. The van der Waals surface area contributed by atoms with E-state index in [4.69, 9.17) is 0 Å². The zero-order chi connectivity index (χ0) is 17.2. The molecule has 6 heteroatoms. The number of imidazole rings is 1. The van der Waals surface area contributed by atoms with Gasteiger partial charge in [-0.25, -0.2) is 4.98 Å². The summed E-state index contributed by atoms with van der Waals surface area (Å²) in [6, 6.07) is 10.2. The van der Waals surface area contributed by atoms with Crippen molar-refractivity contribution in [2.75, 3.05) is 7.05 Å². The second-order valence-electron chi connectivity index (χ2n) is 6.42. The standard InChI is InChI=1S/C18H22N4OS/c1-13(24-17-20-14-8-4-5-9-15(14)21-17)16(23)22(2)18(12-19)10-6-3-7-11-18/h4-5,8-9,13H,3,6-7,10-11H2,1-2H3,(H,20,21)/t13-/m1/s1. The zero-order valence-corrected chi connectivity index (χ0v) is 14.9. The van der Waals surface area contributed by atoms with Gasteiger partial charge in [-0.15, -0.1) is 0 Å². The molecule has 1 N–H and O–H groups in total. The molecule has 0 saturated heterocycles. The molecule has 126 valence electrons. The molecular weight excluding hydrogens is 320 g/mol. The number of thioether (sulfide) groups is 1. The number of carbonyl (C=O) groups is 1. The average molecular weight is 342 g/mol. The zero-order valence-electron chi connectivity index (χ0n) is 14.1. The third-order valence-electron chi connectivity index (χ3n) is 4.87. The van der Waals surface area contributed by atoms with E-state index in [0.717, 1.165) is 48.3 Å². The molecule has 1 aromatic heterocycles. The minimum atomic E-state index is -0.641. The molecule has 24 heavy (non-hydrogen) atoms. The van der Waals surface area contributed by atoms with Crippen LogP contribution < -0.4 is 0 Å². The van der Waals surface area contributed by atoms with Crippen molar-refractivity contribution in [1.29, 1.82) is 5.26 Å². The minimum Gasteiger partial charge on any atom is -0.333 e. The number of amides is 1. The van der Waals surface area contributed by atoms with Crippen LogP contribution >= 0.6 is 11.8 Å². The SMILES string of the molecule is C[C@@H](Sc1nc2ccccc2[nH]1)C(=O)N(C)C1(C#N)CCCCC1. The predicted octanol–water partition coefficient (Wildman–Crippen LogP) is 3.73. The number of aromatic nitrogens is 2. The molecule has 5 nitrogen and oxygen atoms in total. The Labute approximate surface area is 146 Å². The number of aromatic amines is 1. The van der Waals surface area contributed by atoms with Gasteiger partial charge in [-0.05, 0) is 31.9 Å². The van der Waals surface area contributed by atoms with E-state index in [1.165, 1.54) is 11.8 Å². The van der Waals surface area contributed by atoms with Gasteiger partial charge in [0, 0.05) is 7.05 Å². The lowest BCUT2D eigenvalue weighted by atomic mass is 9.81. The van der Waals surface area contributed by atoms with Crippen molar-refractivity contribution in [2.45, 2.75) is 55.0 Å². The quantitative estimate of drug-likeness (QED) is 0.859. The van der Waals surface area contributed by atoms with E-state index in [-0.39, 0.29) is 11.2 Å². The van der Waals surface area contributed by atoms with Gasteiger partial charge >= 0.3 is 0 Å². The molecule has 0 bridgehead atoms. The van der Waals surface area contributed by atoms with E-state index in [0.29, 0.717) is 0 Å². The van der Waals surface area contributed by atoms with E-state index in [1.54, 1.807) is 11.9 Å². The van der Waals surface area contributed by atoms with Gasteiger partial charge in [-0.3, -0.25) is 4.79 Å². The molecule has 1 heterocycles. The van der Waals surface area contributed by atoms with Gasteiger partial charge in [0.15, 0.2) is 5.16 Å². The number of nitrogens with zero attached hydrogens (tertiary/aromatic N) is 3. The van der Waals surface area contributed by atoms with E-state index >= 15 is 0 Å². The lowest BCUT2D eigenvalue weighted by Gasteiger charge is -2.40. The Kier molecular flexibility index (Phi) is 4.81. The van der Waals surface area contributed by atoms with E-state index in [1.807, 2.05) is 31.2 Å². The molecule has 1 atom stereocenters. The Balaban J connectivity index is 1.72. The topological polar surface area (TPSA) is 72.8 Å². The van der Waals surface area contributed by atoms with Crippen molar-refractivity contribution >= 4 is 28.7 Å². The van der Waals surface area contributed by atoms with E-state index in [2.05, 4.69) is 16.0 Å². The second kappa shape index (κ2) is 6.86. The van der Waals surface area contributed by atoms with Gasteiger partial charge < -0.3 is 9.88 Å². The van der Waals surface area contributed by atoms with Crippen molar-refractivity contribution in [3.8, 4) is 6.07 Å². The van der Waals surface area contributed by atoms with Crippen molar-refractivity contribution < 1.29 is 4.79 Å². The number of rotatable bonds is 4. The maximum Gasteiger partial charge on any atom is 0.236 e. The van der Waals surface area contributed by atoms with E-state index < -0.39 is 5.54 Å². The number of nitrogens with one attached hydrogen (secondary N) is 1. The lowest BCUT2D eigenvalue weighted by Crippen LogP contribution is -2.52. The molecular formula is C18H22N4OS. The number of benzene rings is 1. The van der Waals surface area contributed by atoms with Crippen molar-refractivity contribution in [1.82, 2.24) is 14.9 Å². The smallest absolute Gasteiger partial charge is 0.236 e. The highest BCUT2D eigenvalue weighted by molar-refractivity contribution is 8.00. The molecule has 0 aliphatic heterocycles. The lowest BCUT2D eigenvalue weighted by molar-refractivity contribution is -0.133. The Bertz CT molecular complexity index is 740. The summed E-state index contributed by atoms with van der Waals surface area (Å²) in [4.78, 5) is 22.3. The van der Waals surface area contributed by atoms with Gasteiger partial charge in [0.1, 0.15) is 5.54 Å². The minimum absolute atomic E-state index is 0.0103. The van der Waals surface area contributed by atoms with Crippen LogP contribution in [0.4, 0.5) is 0 Å². The first-order valence-corrected chi connectivity index (χ1v) is 9.24. The van der Waals surface area contributed by atoms with Crippen molar-refractivity contribution in [2.24, 2.45) is 0 Å². The van der Waals surface area contributed by atoms with Crippen molar-refractivity contribution in [3.63, 3.8) is 0 Å². The van der Waals surface area contributed by atoms with Crippen LogP contribution in [0.2, 0.25) is 0 Å². The summed E-state index contributed by atoms with van der Waals surface area (Å²) in [6.07, 6.45) is 4.71. The Hall–Kier alpha value is -2.00. The number of fused-ring (bicyclic) bond motifs is 1. The summed E-state index contributed by atoms with van der Waals surface area (Å²) in [6.45, 7) is 1.88. The number of carbonyl (C=O) groups excluding carboxylic acids is 1. The van der Waals surface area contributed by atoms with Crippen LogP contribution in [0.15, 0.2) is 29.4 Å². The highest BCUT2D eigenvalue weighted by atomic mass is 32.2. The molecule has 1 fully saturated rings. The van der Waals surface area contributed by atoms with Gasteiger partial charge in [-0.1, -0.05) is 43.2 Å². The Morgan fingerprint density at radius 3 is 2.75 bits per heavy atom. The van der Waals surface area contributed by atoms with Crippen LogP contribution in [0.1, 0.15) is 39.0 Å². The van der Waals surface area contributed by atoms with Crippen LogP contribution in [0.5, 0.6) is 0 Å². The molecule has 1 aliphatic carbocycles. The highest BCUT2D eigenvalue weighted by Crippen LogP contribution is 2.34. The maximum absolute atomic E-state index is 12.8. The Morgan fingerprint density at radius 1 is 1.38 bits per heavy atom. The summed E-state index contributed by atoms with van der Waals surface area (Å²) < 4.78 is 0. The molecule has 2 aromatic rings. The third kappa shape index (κ3) is 3.13. The number of H-pyrrole nitrogens is 1.